The number of aromatic carboxylic acids is 1. The quantitative estimate of drug-likeness (QED) is 0.150. The van der Waals surface area contributed by atoms with Gasteiger partial charge in [0.1, 0.15) is 0 Å². The fraction of sp³-hybridized carbons (Fsp3) is 0.206. The number of aryl methyl sites for hydroxylation is 2. The zero-order chi connectivity index (χ0) is 30.1. The predicted molar refractivity (Wildman–Crippen MR) is 172 cm³/mol. The van der Waals surface area contributed by atoms with Crippen molar-refractivity contribution in [3.63, 3.8) is 0 Å². The molecule has 0 heterocycles. The average Bonchev–Trinajstić information content (AvgIpc) is 2.93. The first-order valence-corrected chi connectivity index (χ1v) is 14.2. The van der Waals surface area contributed by atoms with Gasteiger partial charge in [0.15, 0.2) is 5.78 Å². The van der Waals surface area contributed by atoms with E-state index < -0.39 is 5.97 Å². The third-order valence-corrected chi connectivity index (χ3v) is 6.93. The minimum absolute atomic E-state index is 0.0667. The Morgan fingerprint density at radius 1 is 0.756 bits per heavy atom. The summed E-state index contributed by atoms with van der Waals surface area (Å²) in [6, 6.07) is 26.6. The van der Waals surface area contributed by atoms with Gasteiger partial charge in [-0.15, -0.1) is 0 Å². The SMILES string of the molecule is COCC(C)NC(=O)c1cc(C(C)=O)cc(-c2ccc(C)cc2)c1.Cc1ccc(-c2cc(I)cc(C(=O)O)c2)cc1. The van der Waals surface area contributed by atoms with Crippen LogP contribution in [0.2, 0.25) is 0 Å². The van der Waals surface area contributed by atoms with Crippen LogP contribution in [0.3, 0.4) is 0 Å². The van der Waals surface area contributed by atoms with Crippen LogP contribution in [0.25, 0.3) is 22.3 Å². The van der Waals surface area contributed by atoms with E-state index in [2.05, 4.69) is 27.9 Å². The highest BCUT2D eigenvalue weighted by atomic mass is 127. The molecule has 0 aliphatic rings. The summed E-state index contributed by atoms with van der Waals surface area (Å²) in [7, 11) is 1.59. The Morgan fingerprint density at radius 3 is 1.73 bits per heavy atom. The van der Waals surface area contributed by atoms with Gasteiger partial charge in [0.25, 0.3) is 5.91 Å². The number of ether oxygens (including phenoxy) is 1. The number of benzene rings is 4. The van der Waals surface area contributed by atoms with Crippen LogP contribution in [-0.2, 0) is 4.74 Å². The number of carbonyl (C=O) groups excluding carboxylic acids is 2. The Morgan fingerprint density at radius 2 is 1.24 bits per heavy atom. The van der Waals surface area contributed by atoms with Gasteiger partial charge in [0.05, 0.1) is 12.2 Å². The van der Waals surface area contributed by atoms with Crippen LogP contribution in [0.5, 0.6) is 0 Å². The number of carbonyl (C=O) groups is 3. The standard InChI is InChI=1S/C20H23NO3.C14H11IO2/c1-13-5-7-16(8-6-13)18-9-17(15(3)22)10-19(11-18)20(23)21-14(2)12-24-4;1-9-2-4-10(5-3-9)11-6-12(14(16)17)8-13(15)7-11/h5-11,14H,12H2,1-4H3,(H,21,23);2-8H,1H3,(H,16,17). The Balaban J connectivity index is 0.000000239. The molecule has 0 fully saturated rings. The topological polar surface area (TPSA) is 92.7 Å². The van der Waals surface area contributed by atoms with E-state index in [4.69, 9.17) is 9.84 Å². The number of Topliss-reactive ketones (excluding diaryl/α,β-unsaturated/α-hetero) is 1. The van der Waals surface area contributed by atoms with Crippen LogP contribution in [0.1, 0.15) is 56.0 Å². The lowest BCUT2D eigenvalue weighted by atomic mass is 9.97. The smallest absolute Gasteiger partial charge is 0.335 e. The van der Waals surface area contributed by atoms with Crippen molar-refractivity contribution in [2.45, 2.75) is 33.7 Å². The summed E-state index contributed by atoms with van der Waals surface area (Å²) in [6.07, 6.45) is 0. The van der Waals surface area contributed by atoms with Crippen molar-refractivity contribution in [2.24, 2.45) is 0 Å². The van der Waals surface area contributed by atoms with Crippen molar-refractivity contribution in [1.82, 2.24) is 5.32 Å². The second-order valence-electron chi connectivity index (χ2n) is 9.95. The van der Waals surface area contributed by atoms with Crippen molar-refractivity contribution in [1.29, 1.82) is 0 Å². The van der Waals surface area contributed by atoms with E-state index in [9.17, 15) is 14.4 Å². The molecule has 0 spiro atoms. The van der Waals surface area contributed by atoms with Gasteiger partial charge in [-0.05, 0) is 109 Å². The fourth-order valence-electron chi connectivity index (χ4n) is 4.10. The molecule has 7 heteroatoms. The molecule has 4 aromatic rings. The monoisotopic (exact) mass is 663 g/mol. The minimum Gasteiger partial charge on any atom is -0.478 e. The maximum absolute atomic E-state index is 12.5. The molecular weight excluding hydrogens is 629 g/mol. The van der Waals surface area contributed by atoms with Gasteiger partial charge < -0.3 is 15.2 Å². The molecular formula is C34H34INO5. The van der Waals surface area contributed by atoms with Crippen LogP contribution < -0.4 is 5.32 Å². The number of nitrogens with one attached hydrogen (secondary N) is 1. The van der Waals surface area contributed by atoms with E-state index in [-0.39, 0.29) is 17.7 Å². The lowest BCUT2D eigenvalue weighted by molar-refractivity contribution is 0.0696. The molecule has 4 rings (SSSR count). The first-order chi connectivity index (χ1) is 19.5. The van der Waals surface area contributed by atoms with Crippen LogP contribution in [0, 0.1) is 17.4 Å². The maximum atomic E-state index is 12.5. The molecule has 0 aliphatic heterocycles. The lowest BCUT2D eigenvalue weighted by Gasteiger charge is -2.14. The molecule has 0 bridgehead atoms. The number of methoxy groups -OCH3 is 1. The van der Waals surface area contributed by atoms with Gasteiger partial charge in [-0.3, -0.25) is 9.59 Å². The van der Waals surface area contributed by atoms with Gasteiger partial charge in [0.2, 0.25) is 0 Å². The van der Waals surface area contributed by atoms with Gasteiger partial charge in [-0.1, -0.05) is 59.7 Å². The summed E-state index contributed by atoms with van der Waals surface area (Å²) in [5, 5.41) is 11.9. The minimum atomic E-state index is -0.892. The molecule has 4 aromatic carbocycles. The molecule has 1 atom stereocenters. The summed E-state index contributed by atoms with van der Waals surface area (Å²) >= 11 is 2.13. The molecule has 0 aliphatic carbocycles. The normalized spacial score (nSPS) is 11.2. The van der Waals surface area contributed by atoms with Crippen molar-refractivity contribution in [3.05, 3.63) is 116 Å². The van der Waals surface area contributed by atoms with Crippen LogP contribution in [-0.4, -0.2) is 42.5 Å². The van der Waals surface area contributed by atoms with Gasteiger partial charge in [-0.25, -0.2) is 4.79 Å². The number of ketones is 1. The van der Waals surface area contributed by atoms with E-state index in [1.165, 1.54) is 12.5 Å². The second kappa shape index (κ2) is 14.7. The fourth-order valence-corrected chi connectivity index (χ4v) is 4.77. The number of amides is 1. The predicted octanol–water partition coefficient (Wildman–Crippen LogP) is 7.59. The Labute approximate surface area is 254 Å². The molecule has 0 radical (unpaired) electrons. The van der Waals surface area contributed by atoms with Crippen molar-refractivity contribution < 1.29 is 24.2 Å². The van der Waals surface area contributed by atoms with E-state index in [1.807, 2.05) is 87.5 Å². The van der Waals surface area contributed by atoms with Crippen molar-refractivity contribution in [2.75, 3.05) is 13.7 Å². The number of rotatable bonds is 8. The summed E-state index contributed by atoms with van der Waals surface area (Å²) in [5.41, 5.74) is 7.48. The second-order valence-corrected chi connectivity index (χ2v) is 11.2. The first kappa shape index (κ1) is 31.7. The number of halogens is 1. The molecule has 2 N–H and O–H groups in total. The van der Waals surface area contributed by atoms with E-state index in [0.29, 0.717) is 23.3 Å². The van der Waals surface area contributed by atoms with Crippen LogP contribution in [0.15, 0.2) is 84.9 Å². The largest absolute Gasteiger partial charge is 0.478 e. The summed E-state index contributed by atoms with van der Waals surface area (Å²) in [4.78, 5) is 35.3. The van der Waals surface area contributed by atoms with Crippen LogP contribution in [0.4, 0.5) is 0 Å². The zero-order valence-electron chi connectivity index (χ0n) is 23.8. The third-order valence-electron chi connectivity index (χ3n) is 6.31. The van der Waals surface area contributed by atoms with Gasteiger partial charge in [-0.2, -0.15) is 0 Å². The Hall–Kier alpha value is -3.82. The first-order valence-electron chi connectivity index (χ1n) is 13.1. The molecule has 0 aromatic heterocycles. The third kappa shape index (κ3) is 9.37. The maximum Gasteiger partial charge on any atom is 0.335 e. The number of hydrogen-bond acceptors (Lipinski definition) is 4. The highest BCUT2D eigenvalue weighted by Gasteiger charge is 2.14. The molecule has 41 heavy (non-hydrogen) atoms. The molecule has 1 amide bonds. The molecule has 212 valence electrons. The molecule has 1 unspecified atom stereocenters. The van der Waals surface area contributed by atoms with Gasteiger partial charge in [0, 0.05) is 27.8 Å². The number of carboxylic acids is 1. The average molecular weight is 664 g/mol. The number of carboxylic acid groups (broad SMARTS) is 1. The summed E-state index contributed by atoms with van der Waals surface area (Å²) in [6.45, 7) is 7.86. The Bertz CT molecular complexity index is 1530. The molecule has 6 nitrogen and oxygen atoms in total. The molecule has 0 saturated heterocycles. The zero-order valence-corrected chi connectivity index (χ0v) is 26.0. The lowest BCUT2D eigenvalue weighted by Crippen LogP contribution is -2.35. The summed E-state index contributed by atoms with van der Waals surface area (Å²) in [5.74, 6) is -1.17. The van der Waals surface area contributed by atoms with E-state index >= 15 is 0 Å². The highest BCUT2D eigenvalue weighted by Crippen LogP contribution is 2.25. The van der Waals surface area contributed by atoms with Crippen molar-refractivity contribution >= 4 is 40.3 Å². The van der Waals surface area contributed by atoms with Gasteiger partial charge >= 0.3 is 5.97 Å². The molecule has 0 saturated carbocycles. The highest BCUT2D eigenvalue weighted by molar-refractivity contribution is 14.1. The van der Waals surface area contributed by atoms with Crippen LogP contribution >= 0.6 is 22.6 Å². The van der Waals surface area contributed by atoms with Crippen molar-refractivity contribution in [3.8, 4) is 22.3 Å². The van der Waals surface area contributed by atoms with E-state index in [1.54, 1.807) is 25.3 Å². The summed E-state index contributed by atoms with van der Waals surface area (Å²) < 4.78 is 5.97. The Kier molecular flexibility index (Phi) is 11.4. The number of hydrogen-bond donors (Lipinski definition) is 2. The van der Waals surface area contributed by atoms with E-state index in [0.717, 1.165) is 31.4 Å².